The van der Waals surface area contributed by atoms with Gasteiger partial charge in [0.2, 0.25) is 0 Å². The Morgan fingerprint density at radius 2 is 2.03 bits per heavy atom. The van der Waals surface area contributed by atoms with E-state index in [9.17, 15) is 14.0 Å². The fourth-order valence-electron chi connectivity index (χ4n) is 4.18. The highest BCUT2D eigenvalue weighted by Gasteiger charge is 2.29. The Morgan fingerprint density at radius 1 is 1.28 bits per heavy atom. The number of aromatic nitrogens is 1. The zero-order valence-electron chi connectivity index (χ0n) is 18.6. The zero-order valence-corrected chi connectivity index (χ0v) is 18.6. The molecular weight excluding hydrogens is 413 g/mol. The van der Waals surface area contributed by atoms with Crippen molar-refractivity contribution in [1.29, 1.82) is 0 Å². The average Bonchev–Trinajstić information content (AvgIpc) is 2.78. The molecule has 1 aromatic heterocycles. The fraction of sp³-hybridized carbons (Fsp3) is 0.435. The number of hydrogen-bond donors (Lipinski definition) is 2. The molecule has 0 bridgehead atoms. The molecule has 2 amide bonds. The zero-order chi connectivity index (χ0) is 22.8. The number of benzene rings is 1. The maximum atomic E-state index is 14.6. The summed E-state index contributed by atoms with van der Waals surface area (Å²) in [7, 11) is 1.59. The standard InChI is InChI=1S/C23H28FN5O3/c1-4-20-23(31)27-18-12-15(11-16(24)21(18)32-20)13-28-7-9-29(10-8-28)19-6-5-17(22(30)25-3)26-14(19)2/h5-6,11-12,20H,4,7-10,13H2,1-3H3,(H,25,30)(H,27,31). The van der Waals surface area contributed by atoms with Crippen molar-refractivity contribution in [2.45, 2.75) is 32.9 Å². The second kappa shape index (κ2) is 9.12. The summed E-state index contributed by atoms with van der Waals surface area (Å²) in [6.07, 6.45) is -0.167. The fourth-order valence-corrected chi connectivity index (χ4v) is 4.18. The summed E-state index contributed by atoms with van der Waals surface area (Å²) in [5.41, 5.74) is 3.43. The molecule has 1 atom stereocenters. The van der Waals surface area contributed by atoms with E-state index in [4.69, 9.17) is 4.74 Å². The van der Waals surface area contributed by atoms with Crippen LogP contribution in [0.1, 0.15) is 35.1 Å². The predicted molar refractivity (Wildman–Crippen MR) is 120 cm³/mol. The predicted octanol–water partition coefficient (Wildman–Crippen LogP) is 2.32. The summed E-state index contributed by atoms with van der Waals surface area (Å²) in [4.78, 5) is 32.8. The lowest BCUT2D eigenvalue weighted by Gasteiger charge is -2.36. The van der Waals surface area contributed by atoms with Crippen LogP contribution in [0.5, 0.6) is 5.75 Å². The number of ether oxygens (including phenoxy) is 1. The SMILES string of the molecule is CCC1Oc2c(F)cc(CN3CCN(c4ccc(C(=O)NC)nc4C)CC3)cc2NC1=O. The van der Waals surface area contributed by atoms with E-state index in [-0.39, 0.29) is 17.6 Å². The largest absolute Gasteiger partial charge is 0.475 e. The lowest BCUT2D eigenvalue weighted by Crippen LogP contribution is -2.46. The Morgan fingerprint density at radius 3 is 2.69 bits per heavy atom. The Labute approximate surface area is 186 Å². The van der Waals surface area contributed by atoms with Crippen molar-refractivity contribution < 1.29 is 18.7 Å². The monoisotopic (exact) mass is 441 g/mol. The minimum absolute atomic E-state index is 0.119. The van der Waals surface area contributed by atoms with E-state index in [0.717, 1.165) is 43.1 Å². The molecule has 32 heavy (non-hydrogen) atoms. The molecule has 0 spiro atoms. The minimum Gasteiger partial charge on any atom is -0.475 e. The van der Waals surface area contributed by atoms with Crippen LogP contribution >= 0.6 is 0 Å². The number of amides is 2. The highest BCUT2D eigenvalue weighted by molar-refractivity contribution is 5.97. The van der Waals surface area contributed by atoms with Gasteiger partial charge in [0.05, 0.1) is 17.1 Å². The lowest BCUT2D eigenvalue weighted by molar-refractivity contribution is -0.123. The first-order valence-corrected chi connectivity index (χ1v) is 10.9. The maximum absolute atomic E-state index is 14.6. The van der Waals surface area contributed by atoms with Gasteiger partial charge in [0.25, 0.3) is 11.8 Å². The number of fused-ring (bicyclic) bond motifs is 1. The first kappa shape index (κ1) is 22.0. The van der Waals surface area contributed by atoms with Crippen molar-refractivity contribution in [3.63, 3.8) is 0 Å². The van der Waals surface area contributed by atoms with Gasteiger partial charge in [-0.1, -0.05) is 6.92 Å². The molecule has 1 aromatic carbocycles. The van der Waals surface area contributed by atoms with Gasteiger partial charge in [-0.2, -0.15) is 0 Å². The normalized spacial score (nSPS) is 18.6. The summed E-state index contributed by atoms with van der Waals surface area (Å²) in [5, 5.41) is 5.35. The Bertz CT molecular complexity index is 1040. The van der Waals surface area contributed by atoms with Crippen LogP contribution in [0, 0.1) is 12.7 Å². The Kier molecular flexibility index (Phi) is 6.27. The van der Waals surface area contributed by atoms with E-state index in [2.05, 4.69) is 25.4 Å². The molecule has 170 valence electrons. The molecule has 1 fully saturated rings. The number of hydrogen-bond acceptors (Lipinski definition) is 6. The van der Waals surface area contributed by atoms with Crippen LogP contribution in [0.4, 0.5) is 15.8 Å². The van der Waals surface area contributed by atoms with Gasteiger partial charge < -0.3 is 20.3 Å². The molecule has 1 saturated heterocycles. The maximum Gasteiger partial charge on any atom is 0.269 e. The van der Waals surface area contributed by atoms with Gasteiger partial charge in [-0.25, -0.2) is 9.37 Å². The van der Waals surface area contributed by atoms with Crippen molar-refractivity contribution in [1.82, 2.24) is 15.2 Å². The molecule has 9 heteroatoms. The molecule has 0 radical (unpaired) electrons. The van der Waals surface area contributed by atoms with Crippen LogP contribution < -0.4 is 20.3 Å². The molecule has 3 heterocycles. The molecule has 2 aliphatic rings. The number of anilines is 2. The van der Waals surface area contributed by atoms with Crippen molar-refractivity contribution in [2.75, 3.05) is 43.4 Å². The van der Waals surface area contributed by atoms with Gasteiger partial charge in [-0.3, -0.25) is 14.5 Å². The first-order chi connectivity index (χ1) is 15.4. The van der Waals surface area contributed by atoms with E-state index in [1.165, 1.54) is 6.07 Å². The Hall–Kier alpha value is -3.20. The molecule has 2 aromatic rings. The van der Waals surface area contributed by atoms with E-state index < -0.39 is 11.9 Å². The Balaban J connectivity index is 1.40. The third kappa shape index (κ3) is 4.38. The topological polar surface area (TPSA) is 86.8 Å². The van der Waals surface area contributed by atoms with Gasteiger partial charge in [-0.15, -0.1) is 0 Å². The lowest BCUT2D eigenvalue weighted by atomic mass is 10.1. The van der Waals surface area contributed by atoms with Crippen molar-refractivity contribution in [3.05, 3.63) is 47.0 Å². The van der Waals surface area contributed by atoms with Gasteiger partial charge in [0.15, 0.2) is 17.7 Å². The van der Waals surface area contributed by atoms with Crippen molar-refractivity contribution >= 4 is 23.2 Å². The minimum atomic E-state index is -0.653. The van der Waals surface area contributed by atoms with Crippen molar-refractivity contribution in [2.24, 2.45) is 0 Å². The van der Waals surface area contributed by atoms with E-state index in [0.29, 0.717) is 24.3 Å². The number of nitrogens with zero attached hydrogens (tertiary/aromatic N) is 3. The van der Waals surface area contributed by atoms with Crippen LogP contribution in [0.3, 0.4) is 0 Å². The summed E-state index contributed by atoms with van der Waals surface area (Å²) >= 11 is 0. The summed E-state index contributed by atoms with van der Waals surface area (Å²) in [6, 6.07) is 6.96. The van der Waals surface area contributed by atoms with Crippen LogP contribution in [0.15, 0.2) is 24.3 Å². The van der Waals surface area contributed by atoms with E-state index in [1.54, 1.807) is 19.2 Å². The molecule has 2 N–H and O–H groups in total. The van der Waals surface area contributed by atoms with Gasteiger partial charge in [0, 0.05) is 39.8 Å². The number of rotatable bonds is 5. The number of carbonyl (C=O) groups is 2. The van der Waals surface area contributed by atoms with Crippen LogP contribution in [0.2, 0.25) is 0 Å². The number of aryl methyl sites for hydroxylation is 1. The molecule has 0 aliphatic carbocycles. The summed E-state index contributed by atoms with van der Waals surface area (Å²) in [5.74, 6) is -0.772. The smallest absolute Gasteiger partial charge is 0.269 e. The second-order valence-corrected chi connectivity index (χ2v) is 8.10. The molecule has 0 saturated carbocycles. The molecular formula is C23H28FN5O3. The summed E-state index contributed by atoms with van der Waals surface area (Å²) in [6.45, 7) is 7.52. The quantitative estimate of drug-likeness (QED) is 0.741. The first-order valence-electron chi connectivity index (χ1n) is 10.9. The van der Waals surface area contributed by atoms with Gasteiger partial charge in [0.1, 0.15) is 5.69 Å². The average molecular weight is 442 g/mol. The number of carbonyl (C=O) groups excluding carboxylic acids is 2. The van der Waals surface area contributed by atoms with Gasteiger partial charge in [-0.05, 0) is 43.2 Å². The van der Waals surface area contributed by atoms with Crippen LogP contribution in [0.25, 0.3) is 0 Å². The number of halogens is 1. The number of piperazine rings is 1. The third-order valence-electron chi connectivity index (χ3n) is 5.92. The van der Waals surface area contributed by atoms with Crippen LogP contribution in [-0.4, -0.2) is 61.0 Å². The summed E-state index contributed by atoms with van der Waals surface area (Å²) < 4.78 is 20.2. The number of nitrogens with one attached hydrogen (secondary N) is 2. The van der Waals surface area contributed by atoms with Crippen molar-refractivity contribution in [3.8, 4) is 5.75 Å². The third-order valence-corrected chi connectivity index (χ3v) is 5.92. The second-order valence-electron chi connectivity index (χ2n) is 8.10. The van der Waals surface area contributed by atoms with Gasteiger partial charge >= 0.3 is 0 Å². The van der Waals surface area contributed by atoms with Crippen LogP contribution in [-0.2, 0) is 11.3 Å². The highest BCUT2D eigenvalue weighted by Crippen LogP contribution is 2.34. The molecule has 1 unspecified atom stereocenters. The van der Waals surface area contributed by atoms with E-state index in [1.807, 2.05) is 19.9 Å². The molecule has 4 rings (SSSR count). The molecule has 2 aliphatic heterocycles. The highest BCUT2D eigenvalue weighted by atomic mass is 19.1. The van der Waals surface area contributed by atoms with E-state index >= 15 is 0 Å². The number of pyridine rings is 1. The molecule has 8 nitrogen and oxygen atoms in total.